The summed E-state index contributed by atoms with van der Waals surface area (Å²) in [6.07, 6.45) is 0. The van der Waals surface area contributed by atoms with E-state index in [4.69, 9.17) is 16.3 Å². The van der Waals surface area contributed by atoms with Gasteiger partial charge >= 0.3 is 0 Å². The van der Waals surface area contributed by atoms with Gasteiger partial charge in [0.2, 0.25) is 10.0 Å². The molecule has 1 unspecified atom stereocenters. The Labute approximate surface area is 106 Å². The van der Waals surface area contributed by atoms with Gasteiger partial charge in [-0.2, -0.15) is 4.31 Å². The molecule has 0 N–H and O–H groups in total. The van der Waals surface area contributed by atoms with Gasteiger partial charge in [0.05, 0.1) is 18.2 Å². The molecule has 1 fully saturated rings. The standard InChI is InChI=1S/C11H14ClNO3S/c1-9-8-16-7-6-13(9)17(14,15)11-5-3-2-4-10(11)12/h2-5,9H,6-8H2,1H3. The lowest BCUT2D eigenvalue weighted by Gasteiger charge is -2.32. The first-order valence-corrected chi connectivity index (χ1v) is 7.19. The maximum Gasteiger partial charge on any atom is 0.244 e. The maximum absolute atomic E-state index is 12.4. The fraction of sp³-hybridized carbons (Fsp3) is 0.455. The van der Waals surface area contributed by atoms with Crippen molar-refractivity contribution in [1.29, 1.82) is 0 Å². The summed E-state index contributed by atoms with van der Waals surface area (Å²) in [6, 6.07) is 6.33. The van der Waals surface area contributed by atoms with Crippen molar-refractivity contribution in [2.24, 2.45) is 0 Å². The molecule has 1 aliphatic heterocycles. The van der Waals surface area contributed by atoms with E-state index in [-0.39, 0.29) is 16.0 Å². The molecule has 17 heavy (non-hydrogen) atoms. The Kier molecular flexibility index (Phi) is 3.73. The van der Waals surface area contributed by atoms with Crippen LogP contribution in [-0.2, 0) is 14.8 Å². The molecule has 1 aromatic carbocycles. The highest BCUT2D eigenvalue weighted by molar-refractivity contribution is 7.89. The summed E-state index contributed by atoms with van der Waals surface area (Å²) in [5.74, 6) is 0. The molecule has 94 valence electrons. The van der Waals surface area contributed by atoms with Gasteiger partial charge in [-0.1, -0.05) is 23.7 Å². The lowest BCUT2D eigenvalue weighted by Crippen LogP contribution is -2.46. The Morgan fingerprint density at radius 3 is 2.76 bits per heavy atom. The summed E-state index contributed by atoms with van der Waals surface area (Å²) < 4.78 is 31.5. The van der Waals surface area contributed by atoms with Gasteiger partial charge in [0, 0.05) is 12.6 Å². The van der Waals surface area contributed by atoms with Gasteiger partial charge in [0.25, 0.3) is 0 Å². The Hall–Kier alpha value is -0.620. The average molecular weight is 276 g/mol. The fourth-order valence-corrected chi connectivity index (χ4v) is 3.94. The van der Waals surface area contributed by atoms with E-state index in [0.29, 0.717) is 19.8 Å². The topological polar surface area (TPSA) is 46.6 Å². The van der Waals surface area contributed by atoms with Crippen molar-refractivity contribution in [3.05, 3.63) is 29.3 Å². The van der Waals surface area contributed by atoms with Crippen molar-refractivity contribution in [3.63, 3.8) is 0 Å². The number of morpholine rings is 1. The summed E-state index contributed by atoms with van der Waals surface area (Å²) in [7, 11) is -3.52. The maximum atomic E-state index is 12.4. The monoisotopic (exact) mass is 275 g/mol. The van der Waals surface area contributed by atoms with Gasteiger partial charge in [0.15, 0.2) is 0 Å². The van der Waals surface area contributed by atoms with Crippen LogP contribution in [0.4, 0.5) is 0 Å². The number of benzene rings is 1. The third kappa shape index (κ3) is 2.47. The molecule has 6 heteroatoms. The second-order valence-electron chi connectivity index (χ2n) is 3.97. The normalized spacial score (nSPS) is 22.6. The van der Waals surface area contributed by atoms with Crippen molar-refractivity contribution in [2.45, 2.75) is 17.9 Å². The first-order valence-electron chi connectivity index (χ1n) is 5.37. The fourth-order valence-electron chi connectivity index (χ4n) is 1.85. The second kappa shape index (κ2) is 4.94. The predicted molar refractivity (Wildman–Crippen MR) is 65.6 cm³/mol. The molecule has 0 aromatic heterocycles. The molecule has 2 rings (SSSR count). The van der Waals surface area contributed by atoms with Gasteiger partial charge in [-0.3, -0.25) is 0 Å². The molecule has 1 atom stereocenters. The lowest BCUT2D eigenvalue weighted by molar-refractivity contribution is 0.0393. The molecule has 1 aromatic rings. The van der Waals surface area contributed by atoms with Crippen LogP contribution < -0.4 is 0 Å². The molecule has 1 aliphatic rings. The zero-order valence-electron chi connectivity index (χ0n) is 9.47. The molecule has 0 saturated carbocycles. The van der Waals surface area contributed by atoms with Crippen LogP contribution in [-0.4, -0.2) is 38.5 Å². The minimum Gasteiger partial charge on any atom is -0.378 e. The summed E-state index contributed by atoms with van der Waals surface area (Å²) in [5.41, 5.74) is 0. The van der Waals surface area contributed by atoms with Crippen LogP contribution in [0.1, 0.15) is 6.92 Å². The molecule has 1 heterocycles. The van der Waals surface area contributed by atoms with Crippen molar-refractivity contribution < 1.29 is 13.2 Å². The zero-order valence-corrected chi connectivity index (χ0v) is 11.0. The number of rotatable bonds is 2. The number of halogens is 1. The number of sulfonamides is 1. The van der Waals surface area contributed by atoms with Crippen LogP contribution in [0.25, 0.3) is 0 Å². The largest absolute Gasteiger partial charge is 0.378 e. The van der Waals surface area contributed by atoms with Crippen molar-refractivity contribution in [3.8, 4) is 0 Å². The van der Waals surface area contributed by atoms with E-state index >= 15 is 0 Å². The summed E-state index contributed by atoms with van der Waals surface area (Å²) >= 11 is 5.94. The zero-order chi connectivity index (χ0) is 12.5. The molecule has 0 spiro atoms. The summed E-state index contributed by atoms with van der Waals surface area (Å²) in [5, 5.41) is 0.256. The van der Waals surface area contributed by atoms with E-state index in [2.05, 4.69) is 0 Å². The van der Waals surface area contributed by atoms with Crippen LogP contribution in [0.5, 0.6) is 0 Å². The molecule has 0 aliphatic carbocycles. The van der Waals surface area contributed by atoms with Crippen LogP contribution >= 0.6 is 11.6 Å². The Balaban J connectivity index is 2.39. The molecule has 0 amide bonds. The van der Waals surface area contributed by atoms with E-state index in [9.17, 15) is 8.42 Å². The number of ether oxygens (including phenoxy) is 1. The number of hydrogen-bond donors (Lipinski definition) is 0. The predicted octanol–water partition coefficient (Wildman–Crippen LogP) is 1.75. The third-order valence-corrected chi connectivity index (χ3v) is 5.24. The minimum absolute atomic E-state index is 0.162. The van der Waals surface area contributed by atoms with E-state index in [1.54, 1.807) is 18.2 Å². The molecule has 4 nitrogen and oxygen atoms in total. The molecule has 0 radical (unpaired) electrons. The minimum atomic E-state index is -3.52. The van der Waals surface area contributed by atoms with Gasteiger partial charge < -0.3 is 4.74 Å². The Morgan fingerprint density at radius 2 is 2.12 bits per heavy atom. The highest BCUT2D eigenvalue weighted by atomic mass is 35.5. The molecular weight excluding hydrogens is 262 g/mol. The van der Waals surface area contributed by atoms with Crippen molar-refractivity contribution in [1.82, 2.24) is 4.31 Å². The summed E-state index contributed by atoms with van der Waals surface area (Å²) in [6.45, 7) is 3.04. The average Bonchev–Trinajstić information content (AvgIpc) is 2.29. The Bertz CT molecular complexity index is 503. The highest BCUT2D eigenvalue weighted by Crippen LogP contribution is 2.26. The van der Waals surface area contributed by atoms with Crippen LogP contribution in [0.15, 0.2) is 29.2 Å². The van der Waals surface area contributed by atoms with Crippen molar-refractivity contribution >= 4 is 21.6 Å². The molecular formula is C11H14ClNO3S. The third-order valence-electron chi connectivity index (χ3n) is 2.73. The number of hydrogen-bond acceptors (Lipinski definition) is 3. The van der Waals surface area contributed by atoms with Crippen LogP contribution in [0.2, 0.25) is 5.02 Å². The van der Waals surface area contributed by atoms with Gasteiger partial charge in [-0.25, -0.2) is 8.42 Å². The summed E-state index contributed by atoms with van der Waals surface area (Å²) in [4.78, 5) is 0.162. The number of nitrogens with zero attached hydrogens (tertiary/aromatic N) is 1. The van der Waals surface area contributed by atoms with E-state index in [0.717, 1.165) is 0 Å². The van der Waals surface area contributed by atoms with Crippen LogP contribution in [0, 0.1) is 0 Å². The Morgan fingerprint density at radius 1 is 1.41 bits per heavy atom. The van der Waals surface area contributed by atoms with Crippen LogP contribution in [0.3, 0.4) is 0 Å². The first-order chi connectivity index (χ1) is 8.03. The van der Waals surface area contributed by atoms with Gasteiger partial charge in [-0.15, -0.1) is 0 Å². The molecule has 1 saturated heterocycles. The smallest absolute Gasteiger partial charge is 0.244 e. The first kappa shape index (κ1) is 12.8. The highest BCUT2D eigenvalue weighted by Gasteiger charge is 2.32. The van der Waals surface area contributed by atoms with E-state index in [1.807, 2.05) is 6.92 Å². The lowest BCUT2D eigenvalue weighted by atomic mass is 10.3. The second-order valence-corrected chi connectivity index (χ2v) is 6.24. The van der Waals surface area contributed by atoms with Crippen molar-refractivity contribution in [2.75, 3.05) is 19.8 Å². The molecule has 0 bridgehead atoms. The van der Waals surface area contributed by atoms with E-state index in [1.165, 1.54) is 10.4 Å². The quantitative estimate of drug-likeness (QED) is 0.826. The SMILES string of the molecule is CC1COCCN1S(=O)(=O)c1ccccc1Cl. The van der Waals surface area contributed by atoms with E-state index < -0.39 is 10.0 Å². The van der Waals surface area contributed by atoms with Gasteiger partial charge in [-0.05, 0) is 19.1 Å². The van der Waals surface area contributed by atoms with Gasteiger partial charge in [0.1, 0.15) is 4.90 Å².